The van der Waals surface area contributed by atoms with E-state index in [4.69, 9.17) is 16.7 Å². The van der Waals surface area contributed by atoms with Crippen LogP contribution in [0.5, 0.6) is 0 Å². The molecule has 100 valence electrons. The largest absolute Gasteiger partial charge is 0.396 e. The van der Waals surface area contributed by atoms with Crippen LogP contribution in [0.25, 0.3) is 5.69 Å². The molecule has 0 radical (unpaired) electrons. The number of rotatable bonds is 3. The summed E-state index contributed by atoms with van der Waals surface area (Å²) < 4.78 is 2.18. The van der Waals surface area contributed by atoms with E-state index in [0.29, 0.717) is 0 Å². The minimum absolute atomic E-state index is 0.160. The number of benzene rings is 1. The zero-order valence-corrected chi connectivity index (χ0v) is 11.6. The van der Waals surface area contributed by atoms with Crippen LogP contribution in [0.3, 0.4) is 0 Å². The fourth-order valence-electron chi connectivity index (χ4n) is 2.83. The third-order valence-corrected chi connectivity index (χ3v) is 4.01. The molecule has 1 atom stereocenters. The van der Waals surface area contributed by atoms with Crippen LogP contribution in [-0.4, -0.2) is 16.3 Å². The second-order valence-electron chi connectivity index (χ2n) is 5.21. The highest BCUT2D eigenvalue weighted by atomic mass is 35.5. The highest BCUT2D eigenvalue weighted by Gasteiger charge is 2.33. The maximum absolute atomic E-state index is 9.09. The Morgan fingerprint density at radius 2 is 2.21 bits per heavy atom. The van der Waals surface area contributed by atoms with Gasteiger partial charge in [-0.2, -0.15) is 0 Å². The number of aliphatic hydroxyl groups is 1. The number of hydrogen-bond acceptors (Lipinski definition) is 2. The summed E-state index contributed by atoms with van der Waals surface area (Å²) in [6.07, 6.45) is 3.72. The lowest BCUT2D eigenvalue weighted by molar-refractivity contribution is 0.268. The van der Waals surface area contributed by atoms with Crippen LogP contribution in [0.2, 0.25) is 5.02 Å². The first-order valence-corrected chi connectivity index (χ1v) is 6.89. The van der Waals surface area contributed by atoms with E-state index in [0.717, 1.165) is 29.2 Å². The maximum atomic E-state index is 9.09. The standard InChI is InChI=1S/C15H17ClN2O/c1-15(7-3-9-19)14-4-2-8-18(14)13-10-11(16)5-6-12(13)17-15/h2,4-6,8,10,17,19H,3,7,9H2,1H3. The van der Waals surface area contributed by atoms with Crippen LogP contribution in [0.1, 0.15) is 25.5 Å². The lowest BCUT2D eigenvalue weighted by atomic mass is 9.89. The van der Waals surface area contributed by atoms with E-state index in [2.05, 4.69) is 29.1 Å². The van der Waals surface area contributed by atoms with E-state index in [1.807, 2.05) is 24.3 Å². The second kappa shape index (κ2) is 4.58. The molecule has 1 aliphatic rings. The second-order valence-corrected chi connectivity index (χ2v) is 5.65. The van der Waals surface area contributed by atoms with Crippen molar-refractivity contribution < 1.29 is 5.11 Å². The summed E-state index contributed by atoms with van der Waals surface area (Å²) >= 11 is 6.09. The molecule has 1 aliphatic heterocycles. The Labute approximate surface area is 117 Å². The summed E-state index contributed by atoms with van der Waals surface area (Å²) in [4.78, 5) is 0. The van der Waals surface area contributed by atoms with Gasteiger partial charge in [-0.25, -0.2) is 0 Å². The summed E-state index contributed by atoms with van der Waals surface area (Å²) in [5.74, 6) is 0. The van der Waals surface area contributed by atoms with Gasteiger partial charge >= 0.3 is 0 Å². The molecule has 2 aromatic rings. The van der Waals surface area contributed by atoms with Gasteiger partial charge in [-0.3, -0.25) is 0 Å². The number of nitrogens with zero attached hydrogens (tertiary/aromatic N) is 1. The highest BCUT2D eigenvalue weighted by molar-refractivity contribution is 6.30. The van der Waals surface area contributed by atoms with Crippen LogP contribution in [0, 0.1) is 0 Å². The van der Waals surface area contributed by atoms with E-state index >= 15 is 0 Å². The van der Waals surface area contributed by atoms with Gasteiger partial charge in [0.25, 0.3) is 0 Å². The van der Waals surface area contributed by atoms with Crippen molar-refractivity contribution in [3.05, 3.63) is 47.2 Å². The first-order chi connectivity index (χ1) is 9.14. The first-order valence-electron chi connectivity index (χ1n) is 6.51. The van der Waals surface area contributed by atoms with Crippen molar-refractivity contribution in [2.75, 3.05) is 11.9 Å². The van der Waals surface area contributed by atoms with Crippen LogP contribution in [0.15, 0.2) is 36.5 Å². The molecule has 0 saturated heterocycles. The molecule has 0 saturated carbocycles. The van der Waals surface area contributed by atoms with Gasteiger partial charge in [0.05, 0.1) is 16.9 Å². The summed E-state index contributed by atoms with van der Waals surface area (Å²) in [7, 11) is 0. The van der Waals surface area contributed by atoms with Crippen molar-refractivity contribution in [2.24, 2.45) is 0 Å². The molecule has 0 bridgehead atoms. The molecule has 1 aromatic carbocycles. The molecule has 3 nitrogen and oxygen atoms in total. The normalized spacial score (nSPS) is 20.6. The van der Waals surface area contributed by atoms with E-state index in [1.165, 1.54) is 5.69 Å². The molecule has 0 amide bonds. The smallest absolute Gasteiger partial charge is 0.0752 e. The average Bonchev–Trinajstić information content (AvgIpc) is 2.88. The zero-order valence-electron chi connectivity index (χ0n) is 10.9. The van der Waals surface area contributed by atoms with Crippen LogP contribution >= 0.6 is 11.6 Å². The molecule has 0 fully saturated rings. The monoisotopic (exact) mass is 276 g/mol. The fourth-order valence-corrected chi connectivity index (χ4v) is 3.00. The third-order valence-electron chi connectivity index (χ3n) is 3.78. The van der Waals surface area contributed by atoms with E-state index in [1.54, 1.807) is 0 Å². The summed E-state index contributed by atoms with van der Waals surface area (Å²) in [5.41, 5.74) is 3.20. The highest BCUT2D eigenvalue weighted by Crippen LogP contribution is 2.40. The van der Waals surface area contributed by atoms with Crippen molar-refractivity contribution in [2.45, 2.75) is 25.3 Å². The lowest BCUT2D eigenvalue weighted by Crippen LogP contribution is -2.37. The Hall–Kier alpha value is -1.45. The molecule has 0 spiro atoms. The predicted octanol–water partition coefficient (Wildman–Crippen LogP) is 3.54. The Morgan fingerprint density at radius 1 is 1.37 bits per heavy atom. The molecule has 3 rings (SSSR count). The number of halogens is 1. The SMILES string of the molecule is CC1(CCCO)Nc2ccc(Cl)cc2-n2cccc21. The number of fused-ring (bicyclic) bond motifs is 3. The molecule has 1 unspecified atom stereocenters. The molecule has 2 heterocycles. The quantitative estimate of drug-likeness (QED) is 0.900. The van der Waals surface area contributed by atoms with Crippen molar-refractivity contribution >= 4 is 17.3 Å². The molecule has 0 aliphatic carbocycles. The summed E-state index contributed by atoms with van der Waals surface area (Å²) in [6, 6.07) is 10.0. The Balaban J connectivity index is 2.10. The molecular weight excluding hydrogens is 260 g/mol. The Kier molecular flexibility index (Phi) is 3.03. The number of nitrogens with one attached hydrogen (secondary N) is 1. The van der Waals surface area contributed by atoms with Gasteiger partial charge in [0, 0.05) is 23.5 Å². The zero-order chi connectivity index (χ0) is 13.5. The van der Waals surface area contributed by atoms with Crippen molar-refractivity contribution in [1.29, 1.82) is 0 Å². The third kappa shape index (κ3) is 2.03. The van der Waals surface area contributed by atoms with Gasteiger partial charge in [0.2, 0.25) is 0 Å². The van der Waals surface area contributed by atoms with Gasteiger partial charge in [0.15, 0.2) is 0 Å². The number of aromatic nitrogens is 1. The number of anilines is 1. The average molecular weight is 277 g/mol. The van der Waals surface area contributed by atoms with E-state index in [-0.39, 0.29) is 12.1 Å². The minimum Gasteiger partial charge on any atom is -0.396 e. The fraction of sp³-hybridized carbons (Fsp3) is 0.333. The van der Waals surface area contributed by atoms with Crippen LogP contribution in [0.4, 0.5) is 5.69 Å². The summed E-state index contributed by atoms with van der Waals surface area (Å²) in [6.45, 7) is 2.39. The maximum Gasteiger partial charge on any atom is 0.0752 e. The molecule has 2 N–H and O–H groups in total. The summed E-state index contributed by atoms with van der Waals surface area (Å²) in [5, 5.41) is 13.4. The molecular formula is C15H17ClN2O. The van der Waals surface area contributed by atoms with E-state index in [9.17, 15) is 0 Å². The molecule has 19 heavy (non-hydrogen) atoms. The minimum atomic E-state index is -0.160. The van der Waals surface area contributed by atoms with Gasteiger partial charge in [-0.1, -0.05) is 11.6 Å². The topological polar surface area (TPSA) is 37.2 Å². The van der Waals surface area contributed by atoms with Gasteiger partial charge < -0.3 is 15.0 Å². The Morgan fingerprint density at radius 3 is 3.00 bits per heavy atom. The van der Waals surface area contributed by atoms with Crippen LogP contribution < -0.4 is 5.32 Å². The van der Waals surface area contributed by atoms with Crippen molar-refractivity contribution in [1.82, 2.24) is 4.57 Å². The lowest BCUT2D eigenvalue weighted by Gasteiger charge is -2.38. The molecule has 1 aromatic heterocycles. The van der Waals surface area contributed by atoms with Gasteiger partial charge in [-0.05, 0) is 50.1 Å². The van der Waals surface area contributed by atoms with Gasteiger partial charge in [0.1, 0.15) is 0 Å². The molecule has 4 heteroatoms. The van der Waals surface area contributed by atoms with E-state index < -0.39 is 0 Å². The number of hydrogen-bond donors (Lipinski definition) is 2. The Bertz CT molecular complexity index is 608. The first kappa shape index (κ1) is 12.6. The van der Waals surface area contributed by atoms with Crippen molar-refractivity contribution in [3.8, 4) is 5.69 Å². The number of aliphatic hydroxyl groups excluding tert-OH is 1. The van der Waals surface area contributed by atoms with Crippen molar-refractivity contribution in [3.63, 3.8) is 0 Å². The van der Waals surface area contributed by atoms with Crippen LogP contribution in [-0.2, 0) is 5.54 Å². The van der Waals surface area contributed by atoms with Gasteiger partial charge in [-0.15, -0.1) is 0 Å². The predicted molar refractivity (Wildman–Crippen MR) is 78.1 cm³/mol.